The van der Waals surface area contributed by atoms with E-state index in [9.17, 15) is 4.79 Å². The number of nitrogens with zero attached hydrogens (tertiary/aromatic N) is 4. The van der Waals surface area contributed by atoms with Crippen molar-refractivity contribution in [1.82, 2.24) is 25.1 Å². The van der Waals surface area contributed by atoms with Crippen LogP contribution in [0.3, 0.4) is 0 Å². The van der Waals surface area contributed by atoms with Crippen LogP contribution in [0.4, 0.5) is 5.13 Å². The number of aromatic amines is 1. The first-order valence-corrected chi connectivity index (χ1v) is 11.3. The summed E-state index contributed by atoms with van der Waals surface area (Å²) in [7, 11) is 0. The fraction of sp³-hybridized carbons (Fsp3) is 0.150. The van der Waals surface area contributed by atoms with Gasteiger partial charge in [0.25, 0.3) is 5.22 Å². The number of benzene rings is 1. The quantitative estimate of drug-likeness (QED) is 0.336. The van der Waals surface area contributed by atoms with E-state index in [1.54, 1.807) is 12.3 Å². The van der Waals surface area contributed by atoms with Crippen LogP contribution in [0.25, 0.3) is 22.5 Å². The minimum Gasteiger partial charge on any atom is -0.463 e. The number of thiazole rings is 1. The lowest BCUT2D eigenvalue weighted by atomic mass is 10.3. The molecule has 0 unspecified atom stereocenters. The lowest BCUT2D eigenvalue weighted by Crippen LogP contribution is -2.13. The molecule has 4 heterocycles. The Morgan fingerprint density at radius 3 is 2.94 bits per heavy atom. The molecule has 0 aliphatic heterocycles. The lowest BCUT2D eigenvalue weighted by molar-refractivity contribution is -0.113. The smallest absolute Gasteiger partial charge is 0.277 e. The number of hydrogen-bond acceptors (Lipinski definition) is 9. The minimum atomic E-state index is -0.202. The number of para-hydroxylation sites is 2. The van der Waals surface area contributed by atoms with E-state index in [0.29, 0.717) is 40.5 Å². The van der Waals surface area contributed by atoms with Gasteiger partial charge in [-0.05, 0) is 24.3 Å². The Hall–Kier alpha value is -3.44. The number of carbonyl (C=O) groups is 1. The number of nitrogens with one attached hydrogen (secondary N) is 2. The summed E-state index contributed by atoms with van der Waals surface area (Å²) in [5, 5.41) is 13.5. The Labute approximate surface area is 184 Å². The van der Waals surface area contributed by atoms with Gasteiger partial charge >= 0.3 is 0 Å². The predicted octanol–water partition coefficient (Wildman–Crippen LogP) is 4.18. The first-order valence-electron chi connectivity index (χ1n) is 9.41. The molecule has 0 radical (unpaired) electrons. The van der Waals surface area contributed by atoms with Crippen LogP contribution in [0.5, 0.6) is 0 Å². The Bertz CT molecular complexity index is 1270. The molecular weight excluding hydrogens is 436 g/mol. The Kier molecular flexibility index (Phi) is 5.50. The number of aromatic nitrogens is 5. The first-order chi connectivity index (χ1) is 15.2. The highest BCUT2D eigenvalue weighted by molar-refractivity contribution is 7.99. The molecule has 5 aromatic rings. The number of hydrogen-bond donors (Lipinski definition) is 2. The van der Waals surface area contributed by atoms with Crippen LogP contribution in [-0.2, 0) is 17.6 Å². The lowest BCUT2D eigenvalue weighted by Gasteiger charge is -1.99. The van der Waals surface area contributed by atoms with Gasteiger partial charge < -0.3 is 19.1 Å². The van der Waals surface area contributed by atoms with Crippen molar-refractivity contribution in [2.45, 2.75) is 18.1 Å². The van der Waals surface area contributed by atoms with Crippen molar-refractivity contribution < 1.29 is 13.6 Å². The molecule has 5 rings (SSSR count). The second-order valence-corrected chi connectivity index (χ2v) is 8.30. The van der Waals surface area contributed by atoms with E-state index in [1.807, 2.05) is 35.7 Å². The van der Waals surface area contributed by atoms with Gasteiger partial charge in [0.15, 0.2) is 10.9 Å². The SMILES string of the molecule is O=C(CSc1nnc(CCc2nc3ccccc3[nH]2)o1)Nc1nc(-c2ccco2)cs1. The standard InChI is InChI=1S/C20H16N6O3S2/c27-17(24-19-23-14(10-30-19)15-6-3-9-28-15)11-31-20-26-25-18(29-20)8-7-16-21-12-4-1-2-5-13(12)22-16/h1-6,9-10H,7-8,11H2,(H,21,22)(H,23,24,27). The summed E-state index contributed by atoms with van der Waals surface area (Å²) >= 11 is 2.52. The highest BCUT2D eigenvalue weighted by Gasteiger charge is 2.13. The molecule has 4 aromatic heterocycles. The Morgan fingerprint density at radius 1 is 1.13 bits per heavy atom. The molecule has 156 valence electrons. The van der Waals surface area contributed by atoms with Gasteiger partial charge in [-0.15, -0.1) is 21.5 Å². The molecule has 2 N–H and O–H groups in total. The zero-order valence-electron chi connectivity index (χ0n) is 16.1. The summed E-state index contributed by atoms with van der Waals surface area (Å²) in [5.74, 6) is 1.97. The van der Waals surface area contributed by atoms with Gasteiger partial charge in [-0.2, -0.15) is 0 Å². The average Bonchev–Trinajstić information content (AvgIpc) is 3.57. The van der Waals surface area contributed by atoms with Crippen molar-refractivity contribution >= 4 is 45.2 Å². The number of aryl methyl sites for hydroxylation is 2. The van der Waals surface area contributed by atoms with Crippen LogP contribution in [0.2, 0.25) is 0 Å². The van der Waals surface area contributed by atoms with Gasteiger partial charge in [0.2, 0.25) is 11.8 Å². The predicted molar refractivity (Wildman–Crippen MR) is 117 cm³/mol. The molecule has 0 saturated carbocycles. The number of anilines is 1. The molecule has 0 atom stereocenters. The zero-order chi connectivity index (χ0) is 21.0. The third-order valence-corrected chi connectivity index (χ3v) is 5.89. The summed E-state index contributed by atoms with van der Waals surface area (Å²) in [5.41, 5.74) is 2.62. The van der Waals surface area contributed by atoms with Crippen molar-refractivity contribution in [2.24, 2.45) is 0 Å². The maximum absolute atomic E-state index is 12.2. The van der Waals surface area contributed by atoms with Crippen LogP contribution >= 0.6 is 23.1 Å². The highest BCUT2D eigenvalue weighted by atomic mass is 32.2. The molecule has 0 fully saturated rings. The van der Waals surface area contributed by atoms with E-state index in [-0.39, 0.29) is 11.7 Å². The summed E-state index contributed by atoms with van der Waals surface area (Å²) in [6.45, 7) is 0. The first kappa shape index (κ1) is 19.5. The second-order valence-electron chi connectivity index (χ2n) is 6.51. The fourth-order valence-electron chi connectivity index (χ4n) is 2.90. The summed E-state index contributed by atoms with van der Waals surface area (Å²) in [4.78, 5) is 24.4. The molecule has 31 heavy (non-hydrogen) atoms. The van der Waals surface area contributed by atoms with Gasteiger partial charge in [-0.25, -0.2) is 9.97 Å². The van der Waals surface area contributed by atoms with Crippen LogP contribution in [0.15, 0.2) is 62.1 Å². The summed E-state index contributed by atoms with van der Waals surface area (Å²) < 4.78 is 10.9. The number of amides is 1. The molecule has 0 spiro atoms. The van der Waals surface area contributed by atoms with E-state index in [1.165, 1.54) is 23.1 Å². The van der Waals surface area contributed by atoms with Crippen LogP contribution < -0.4 is 5.32 Å². The van der Waals surface area contributed by atoms with Crippen LogP contribution in [-0.4, -0.2) is 36.8 Å². The summed E-state index contributed by atoms with van der Waals surface area (Å²) in [6.07, 6.45) is 2.80. The third kappa shape index (κ3) is 4.67. The van der Waals surface area contributed by atoms with Crippen molar-refractivity contribution in [3.8, 4) is 11.5 Å². The molecule has 0 aliphatic carbocycles. The molecule has 11 heteroatoms. The van der Waals surface area contributed by atoms with Crippen LogP contribution in [0, 0.1) is 0 Å². The maximum Gasteiger partial charge on any atom is 0.277 e. The zero-order valence-corrected chi connectivity index (χ0v) is 17.7. The van der Waals surface area contributed by atoms with E-state index in [2.05, 4.69) is 30.5 Å². The normalized spacial score (nSPS) is 11.2. The minimum absolute atomic E-state index is 0.140. The van der Waals surface area contributed by atoms with Gasteiger partial charge in [-0.1, -0.05) is 23.9 Å². The second kappa shape index (κ2) is 8.74. The molecular formula is C20H16N6O3S2. The van der Waals surface area contributed by atoms with E-state index in [0.717, 1.165) is 16.9 Å². The van der Waals surface area contributed by atoms with E-state index < -0.39 is 0 Å². The van der Waals surface area contributed by atoms with Gasteiger partial charge in [0.1, 0.15) is 11.5 Å². The van der Waals surface area contributed by atoms with Crippen molar-refractivity contribution in [1.29, 1.82) is 0 Å². The van der Waals surface area contributed by atoms with Crippen molar-refractivity contribution in [3.05, 3.63) is 59.8 Å². The number of fused-ring (bicyclic) bond motifs is 1. The maximum atomic E-state index is 12.2. The number of H-pyrrole nitrogens is 1. The van der Waals surface area contributed by atoms with Gasteiger partial charge in [0, 0.05) is 18.2 Å². The molecule has 9 nitrogen and oxygen atoms in total. The van der Waals surface area contributed by atoms with Gasteiger partial charge in [0.05, 0.1) is 23.0 Å². The number of rotatable bonds is 8. The number of carbonyl (C=O) groups excluding carboxylic acids is 1. The molecule has 1 aromatic carbocycles. The Balaban J connectivity index is 1.11. The third-order valence-electron chi connectivity index (χ3n) is 4.31. The molecule has 0 bridgehead atoms. The average molecular weight is 453 g/mol. The summed E-state index contributed by atoms with van der Waals surface area (Å²) in [6, 6.07) is 11.5. The monoisotopic (exact) mass is 452 g/mol. The topological polar surface area (TPSA) is 123 Å². The van der Waals surface area contributed by atoms with Crippen molar-refractivity contribution in [3.63, 3.8) is 0 Å². The number of furan rings is 1. The molecule has 0 saturated heterocycles. The van der Waals surface area contributed by atoms with Gasteiger partial charge in [-0.3, -0.25) is 4.79 Å². The largest absolute Gasteiger partial charge is 0.463 e. The molecule has 1 amide bonds. The van der Waals surface area contributed by atoms with E-state index in [4.69, 9.17) is 8.83 Å². The number of thioether (sulfide) groups is 1. The van der Waals surface area contributed by atoms with Crippen LogP contribution in [0.1, 0.15) is 11.7 Å². The molecule has 0 aliphatic rings. The number of imidazole rings is 1. The van der Waals surface area contributed by atoms with E-state index >= 15 is 0 Å². The highest BCUT2D eigenvalue weighted by Crippen LogP contribution is 2.25. The fourth-order valence-corrected chi connectivity index (χ4v) is 4.19. The van der Waals surface area contributed by atoms with Crippen molar-refractivity contribution in [2.75, 3.05) is 11.1 Å². The Morgan fingerprint density at radius 2 is 2.06 bits per heavy atom.